The van der Waals surface area contributed by atoms with Crippen LogP contribution in [0.25, 0.3) is 0 Å². The van der Waals surface area contributed by atoms with Crippen LogP contribution in [0.5, 0.6) is 23.0 Å². The lowest BCUT2D eigenvalue weighted by Crippen LogP contribution is -2.15. The van der Waals surface area contributed by atoms with Gasteiger partial charge in [-0.15, -0.1) is 0 Å². The highest BCUT2D eigenvalue weighted by Gasteiger charge is 2.11. The third-order valence-corrected chi connectivity index (χ3v) is 5.48. The number of aryl methyl sites for hydroxylation is 5. The molecule has 0 aromatic heterocycles. The van der Waals surface area contributed by atoms with Gasteiger partial charge in [0, 0.05) is 0 Å². The van der Waals surface area contributed by atoms with Gasteiger partial charge in [0.1, 0.15) is 13.2 Å². The largest absolute Gasteiger partial charge is 0.486 e. The average molecular weight is 419 g/mol. The Balaban J connectivity index is 0.000000112. The topological polar surface area (TPSA) is 36.9 Å². The minimum Gasteiger partial charge on any atom is -0.486 e. The quantitative estimate of drug-likeness (QED) is 0.450. The number of benzene rings is 3. The van der Waals surface area contributed by atoms with Gasteiger partial charge in [0.2, 0.25) is 6.79 Å². The van der Waals surface area contributed by atoms with Gasteiger partial charge in [0.25, 0.3) is 0 Å². The summed E-state index contributed by atoms with van der Waals surface area (Å²) < 4.78 is 21.0. The summed E-state index contributed by atoms with van der Waals surface area (Å²) in [6, 6.07) is 18.7. The van der Waals surface area contributed by atoms with Crippen molar-refractivity contribution in [1.82, 2.24) is 0 Å². The van der Waals surface area contributed by atoms with Gasteiger partial charge in [-0.3, -0.25) is 0 Å². The molecule has 3 aromatic carbocycles. The van der Waals surface area contributed by atoms with Gasteiger partial charge in [-0.25, -0.2) is 0 Å². The Hall–Kier alpha value is -3.14. The summed E-state index contributed by atoms with van der Waals surface area (Å²) >= 11 is 0. The van der Waals surface area contributed by atoms with E-state index in [0.29, 0.717) is 20.0 Å². The van der Waals surface area contributed by atoms with Gasteiger partial charge in [-0.05, 0) is 86.6 Å². The second kappa shape index (κ2) is 9.78. The van der Waals surface area contributed by atoms with E-state index < -0.39 is 0 Å². The van der Waals surface area contributed by atoms with Crippen molar-refractivity contribution in [2.24, 2.45) is 0 Å². The molecule has 31 heavy (non-hydrogen) atoms. The molecule has 0 saturated heterocycles. The van der Waals surface area contributed by atoms with Crippen molar-refractivity contribution in [3.8, 4) is 23.0 Å². The van der Waals surface area contributed by atoms with E-state index in [0.717, 1.165) is 23.0 Å². The third-order valence-electron chi connectivity index (χ3n) is 5.48. The Morgan fingerprint density at radius 2 is 1.03 bits per heavy atom. The fraction of sp³-hybridized carbons (Fsp3) is 0.333. The van der Waals surface area contributed by atoms with E-state index in [1.165, 1.54) is 36.0 Å². The van der Waals surface area contributed by atoms with E-state index in [4.69, 9.17) is 18.9 Å². The van der Waals surface area contributed by atoms with E-state index in [-0.39, 0.29) is 0 Å². The second-order valence-electron chi connectivity index (χ2n) is 8.13. The zero-order valence-corrected chi connectivity index (χ0v) is 18.6. The molecule has 0 fully saturated rings. The molecule has 1 aliphatic carbocycles. The van der Waals surface area contributed by atoms with E-state index in [1.54, 1.807) is 11.1 Å². The molecule has 0 atom stereocenters. The Labute approximate surface area is 184 Å². The molecule has 0 saturated carbocycles. The summed E-state index contributed by atoms with van der Waals surface area (Å²) in [7, 11) is 0. The lowest BCUT2D eigenvalue weighted by molar-refractivity contribution is 0.171. The van der Waals surface area contributed by atoms with Crippen molar-refractivity contribution in [3.05, 3.63) is 82.4 Å². The number of hydrogen-bond acceptors (Lipinski definition) is 4. The number of ether oxygens (including phenoxy) is 4. The zero-order chi connectivity index (χ0) is 21.6. The normalized spacial score (nSPS) is 14.5. The minimum atomic E-state index is 0.360. The minimum absolute atomic E-state index is 0.360. The Bertz CT molecular complexity index is 986. The first-order chi connectivity index (χ1) is 15.1. The van der Waals surface area contributed by atoms with Crippen molar-refractivity contribution in [3.63, 3.8) is 0 Å². The van der Waals surface area contributed by atoms with Crippen molar-refractivity contribution >= 4 is 0 Å². The van der Waals surface area contributed by atoms with Crippen LogP contribution in [0.15, 0.2) is 54.6 Å². The van der Waals surface area contributed by atoms with Crippen LogP contribution in [0.3, 0.4) is 0 Å². The van der Waals surface area contributed by atoms with Crippen molar-refractivity contribution in [1.29, 1.82) is 0 Å². The molecule has 0 N–H and O–H groups in total. The molecule has 2 aliphatic heterocycles. The van der Waals surface area contributed by atoms with Crippen LogP contribution in [-0.2, 0) is 12.8 Å². The standard InChI is InChI=1S/C10H12.C9H10O2.C8H8O2/c1-8-5-6-9-3-2-4-10(9)7-8;1-7-2-3-8-9(6-7)11-5-4-10-8;1-6-2-3-7-8(4-6)10-5-9-7/h5-7H,2-4H2,1H3;2-3,6H,4-5H2,1H3;2-4H,5H2,1H3. The zero-order valence-electron chi connectivity index (χ0n) is 18.6. The molecule has 4 heteroatoms. The lowest BCUT2D eigenvalue weighted by atomic mass is 10.1. The molecule has 3 aromatic rings. The first kappa shape index (κ1) is 21.1. The molecular formula is C27H30O4. The van der Waals surface area contributed by atoms with Crippen LogP contribution < -0.4 is 18.9 Å². The van der Waals surface area contributed by atoms with Gasteiger partial charge >= 0.3 is 0 Å². The highest BCUT2D eigenvalue weighted by atomic mass is 16.7. The molecule has 4 nitrogen and oxygen atoms in total. The van der Waals surface area contributed by atoms with Gasteiger partial charge in [0.15, 0.2) is 23.0 Å². The monoisotopic (exact) mass is 418 g/mol. The number of rotatable bonds is 0. The molecule has 0 unspecified atom stereocenters. The molecular weight excluding hydrogens is 388 g/mol. The van der Waals surface area contributed by atoms with E-state index in [9.17, 15) is 0 Å². The predicted octanol–water partition coefficient (Wildman–Crippen LogP) is 5.97. The molecule has 162 valence electrons. The SMILES string of the molecule is Cc1ccc2c(c1)CCC2.Cc1ccc2c(c1)OCCO2.Cc1ccc2c(c1)OCO2. The first-order valence-corrected chi connectivity index (χ1v) is 10.9. The van der Waals surface area contributed by atoms with Gasteiger partial charge in [0.05, 0.1) is 0 Å². The van der Waals surface area contributed by atoms with Crippen LogP contribution in [-0.4, -0.2) is 20.0 Å². The summed E-state index contributed by atoms with van der Waals surface area (Å²) in [6.07, 6.45) is 3.96. The maximum atomic E-state index is 5.38. The van der Waals surface area contributed by atoms with Gasteiger partial charge in [-0.1, -0.05) is 35.9 Å². The molecule has 6 rings (SSSR count). The highest BCUT2D eigenvalue weighted by molar-refractivity contribution is 5.44. The van der Waals surface area contributed by atoms with Crippen molar-refractivity contribution in [2.75, 3.05) is 20.0 Å². The number of fused-ring (bicyclic) bond motifs is 3. The van der Waals surface area contributed by atoms with Gasteiger partial charge < -0.3 is 18.9 Å². The van der Waals surface area contributed by atoms with E-state index in [1.807, 2.05) is 50.2 Å². The van der Waals surface area contributed by atoms with Crippen molar-refractivity contribution < 1.29 is 18.9 Å². The summed E-state index contributed by atoms with van der Waals surface area (Å²) in [5.41, 5.74) is 6.96. The summed E-state index contributed by atoms with van der Waals surface area (Å²) in [6.45, 7) is 7.92. The summed E-state index contributed by atoms with van der Waals surface area (Å²) in [5.74, 6) is 3.45. The molecule has 3 aliphatic rings. The maximum Gasteiger partial charge on any atom is 0.231 e. The predicted molar refractivity (Wildman–Crippen MR) is 123 cm³/mol. The second-order valence-corrected chi connectivity index (χ2v) is 8.13. The number of hydrogen-bond donors (Lipinski definition) is 0. The molecule has 0 amide bonds. The molecule has 0 radical (unpaired) electrons. The van der Waals surface area contributed by atoms with E-state index in [2.05, 4.69) is 25.1 Å². The summed E-state index contributed by atoms with van der Waals surface area (Å²) in [4.78, 5) is 0. The van der Waals surface area contributed by atoms with E-state index >= 15 is 0 Å². The van der Waals surface area contributed by atoms with Crippen LogP contribution in [0, 0.1) is 20.8 Å². The van der Waals surface area contributed by atoms with Crippen LogP contribution in [0.2, 0.25) is 0 Å². The fourth-order valence-corrected chi connectivity index (χ4v) is 3.85. The summed E-state index contributed by atoms with van der Waals surface area (Å²) in [5, 5.41) is 0. The Morgan fingerprint density at radius 1 is 0.516 bits per heavy atom. The molecule has 2 heterocycles. The van der Waals surface area contributed by atoms with Gasteiger partial charge in [-0.2, -0.15) is 0 Å². The lowest BCUT2D eigenvalue weighted by Gasteiger charge is -2.18. The van der Waals surface area contributed by atoms with Crippen LogP contribution >= 0.6 is 0 Å². The average Bonchev–Trinajstić information content (AvgIpc) is 3.43. The molecule has 0 spiro atoms. The van der Waals surface area contributed by atoms with Crippen LogP contribution in [0.1, 0.15) is 34.2 Å². The van der Waals surface area contributed by atoms with Crippen molar-refractivity contribution in [2.45, 2.75) is 40.0 Å². The fourth-order valence-electron chi connectivity index (χ4n) is 3.85. The third kappa shape index (κ3) is 5.52. The smallest absolute Gasteiger partial charge is 0.231 e. The molecule has 0 bridgehead atoms. The first-order valence-electron chi connectivity index (χ1n) is 10.9. The van der Waals surface area contributed by atoms with Crippen LogP contribution in [0.4, 0.5) is 0 Å². The Kier molecular flexibility index (Phi) is 6.66. The highest BCUT2D eigenvalue weighted by Crippen LogP contribution is 2.32. The maximum absolute atomic E-state index is 5.38. The Morgan fingerprint density at radius 3 is 1.77 bits per heavy atom.